The van der Waals surface area contributed by atoms with Crippen LogP contribution in [0.1, 0.15) is 23.0 Å². The van der Waals surface area contributed by atoms with Crippen molar-refractivity contribution in [2.45, 2.75) is 18.2 Å². The molecule has 2 atom stereocenters. The van der Waals surface area contributed by atoms with Crippen LogP contribution in [0.4, 0.5) is 0 Å². The Hall–Kier alpha value is -0.920. The second kappa shape index (κ2) is 4.64. The molecule has 1 aromatic rings. The molecule has 0 aliphatic heterocycles. The lowest BCUT2D eigenvalue weighted by atomic mass is 10.3. The van der Waals surface area contributed by atoms with Gasteiger partial charge >= 0.3 is 5.97 Å². The van der Waals surface area contributed by atoms with Gasteiger partial charge in [0.1, 0.15) is 4.88 Å². The highest BCUT2D eigenvalue weighted by Gasteiger charge is 2.36. The quantitative estimate of drug-likeness (QED) is 0.895. The first-order valence-electron chi connectivity index (χ1n) is 5.60. The Morgan fingerprint density at radius 2 is 2.22 bits per heavy atom. The predicted octanol–water partition coefficient (Wildman–Crippen LogP) is 1.72. The number of thiophene rings is 1. The van der Waals surface area contributed by atoms with E-state index in [0.29, 0.717) is 18.4 Å². The zero-order valence-electron chi connectivity index (χ0n) is 10.2. The summed E-state index contributed by atoms with van der Waals surface area (Å²) in [5, 5.41) is 10.2. The van der Waals surface area contributed by atoms with E-state index in [0.717, 1.165) is 17.8 Å². The molecule has 2 rings (SSSR count). The van der Waals surface area contributed by atoms with Crippen molar-refractivity contribution in [1.29, 1.82) is 0 Å². The third-order valence-corrected chi connectivity index (χ3v) is 6.13. The lowest BCUT2D eigenvalue weighted by molar-refractivity contribution is 0.0702. The summed E-state index contributed by atoms with van der Waals surface area (Å²) in [5.74, 6) is -0.0815. The van der Waals surface area contributed by atoms with Gasteiger partial charge in [-0.1, -0.05) is 6.92 Å². The number of sulfonamides is 1. The van der Waals surface area contributed by atoms with Crippen LogP contribution in [0.5, 0.6) is 0 Å². The fraction of sp³-hybridized carbons (Fsp3) is 0.545. The number of carboxylic acid groups (broad SMARTS) is 1. The number of aromatic carboxylic acids is 1. The van der Waals surface area contributed by atoms with Gasteiger partial charge in [-0.25, -0.2) is 17.5 Å². The molecule has 0 amide bonds. The van der Waals surface area contributed by atoms with Crippen molar-refractivity contribution in [3.8, 4) is 0 Å². The average Bonchev–Trinajstić information content (AvgIpc) is 2.83. The van der Waals surface area contributed by atoms with E-state index in [2.05, 4.69) is 6.92 Å². The van der Waals surface area contributed by atoms with E-state index in [9.17, 15) is 13.2 Å². The van der Waals surface area contributed by atoms with Crippen LogP contribution in [-0.4, -0.2) is 37.4 Å². The fourth-order valence-electron chi connectivity index (χ4n) is 1.83. The van der Waals surface area contributed by atoms with E-state index >= 15 is 0 Å². The van der Waals surface area contributed by atoms with E-state index in [-0.39, 0.29) is 9.77 Å². The molecule has 5 nitrogen and oxygen atoms in total. The zero-order valence-corrected chi connectivity index (χ0v) is 11.8. The first kappa shape index (κ1) is 13.5. The topological polar surface area (TPSA) is 74.7 Å². The van der Waals surface area contributed by atoms with Gasteiger partial charge in [0.2, 0.25) is 10.0 Å². The van der Waals surface area contributed by atoms with Crippen LogP contribution in [0.25, 0.3) is 0 Å². The van der Waals surface area contributed by atoms with Crippen molar-refractivity contribution < 1.29 is 18.3 Å². The molecule has 0 aromatic carbocycles. The molecule has 0 saturated heterocycles. The van der Waals surface area contributed by atoms with Crippen LogP contribution in [0.15, 0.2) is 16.3 Å². The molecule has 1 aromatic heterocycles. The molecule has 1 saturated carbocycles. The molecular formula is C11H15NO4S2. The molecule has 0 spiro atoms. The number of nitrogens with zero attached hydrogens (tertiary/aromatic N) is 1. The van der Waals surface area contributed by atoms with E-state index in [4.69, 9.17) is 5.11 Å². The van der Waals surface area contributed by atoms with Crippen molar-refractivity contribution in [3.05, 3.63) is 16.3 Å². The molecule has 0 bridgehead atoms. The fourth-order valence-corrected chi connectivity index (χ4v) is 4.15. The molecule has 1 fully saturated rings. The van der Waals surface area contributed by atoms with Crippen LogP contribution in [-0.2, 0) is 10.0 Å². The second-order valence-corrected chi connectivity index (χ2v) is 7.67. The summed E-state index contributed by atoms with van der Waals surface area (Å²) in [5.41, 5.74) is 0. The van der Waals surface area contributed by atoms with Gasteiger partial charge in [0, 0.05) is 19.0 Å². The number of carboxylic acids is 1. The Balaban J connectivity index is 2.15. The summed E-state index contributed by atoms with van der Waals surface area (Å²) in [6.07, 6.45) is 1.06. The average molecular weight is 289 g/mol. The highest BCUT2D eigenvalue weighted by atomic mass is 32.2. The summed E-state index contributed by atoms with van der Waals surface area (Å²) >= 11 is 0.932. The van der Waals surface area contributed by atoms with Gasteiger partial charge in [0.15, 0.2) is 0 Å². The lowest BCUT2D eigenvalue weighted by Crippen LogP contribution is -2.29. The summed E-state index contributed by atoms with van der Waals surface area (Å²) < 4.78 is 25.7. The zero-order chi connectivity index (χ0) is 13.5. The second-order valence-electron chi connectivity index (χ2n) is 4.71. The van der Waals surface area contributed by atoms with Gasteiger partial charge in [-0.05, 0) is 24.3 Å². The van der Waals surface area contributed by atoms with Gasteiger partial charge in [-0.2, -0.15) is 0 Å². The van der Waals surface area contributed by atoms with Crippen LogP contribution in [0.2, 0.25) is 0 Å². The Bertz CT molecular complexity index is 563. The van der Waals surface area contributed by atoms with Gasteiger partial charge in [0.05, 0.1) is 4.90 Å². The molecule has 1 N–H and O–H groups in total. The van der Waals surface area contributed by atoms with Crippen molar-refractivity contribution >= 4 is 27.3 Å². The third kappa shape index (κ3) is 2.57. The maximum absolute atomic E-state index is 12.2. The minimum atomic E-state index is -3.55. The Labute approximate surface area is 110 Å². The molecule has 0 radical (unpaired) electrons. The molecule has 1 aliphatic carbocycles. The van der Waals surface area contributed by atoms with Crippen LogP contribution in [0.3, 0.4) is 0 Å². The molecule has 7 heteroatoms. The summed E-state index contributed by atoms with van der Waals surface area (Å²) in [4.78, 5) is 10.9. The van der Waals surface area contributed by atoms with Crippen LogP contribution < -0.4 is 0 Å². The number of hydrogen-bond donors (Lipinski definition) is 1. The highest BCUT2D eigenvalue weighted by molar-refractivity contribution is 7.89. The van der Waals surface area contributed by atoms with E-state index in [1.54, 1.807) is 7.05 Å². The first-order chi connectivity index (χ1) is 8.32. The van der Waals surface area contributed by atoms with Gasteiger partial charge in [-0.3, -0.25) is 0 Å². The number of carbonyl (C=O) groups is 1. The molecule has 100 valence electrons. The highest BCUT2D eigenvalue weighted by Crippen LogP contribution is 2.38. The van der Waals surface area contributed by atoms with Crippen molar-refractivity contribution in [2.24, 2.45) is 11.8 Å². The monoisotopic (exact) mass is 289 g/mol. The molecule has 18 heavy (non-hydrogen) atoms. The molecular weight excluding hydrogens is 274 g/mol. The number of rotatable bonds is 5. The van der Waals surface area contributed by atoms with Crippen molar-refractivity contribution in [2.75, 3.05) is 13.6 Å². The maximum Gasteiger partial charge on any atom is 0.345 e. The van der Waals surface area contributed by atoms with Crippen LogP contribution >= 0.6 is 11.3 Å². The van der Waals surface area contributed by atoms with E-state index in [1.807, 2.05) is 0 Å². The molecule has 2 unspecified atom stereocenters. The maximum atomic E-state index is 12.2. The van der Waals surface area contributed by atoms with Crippen molar-refractivity contribution in [3.63, 3.8) is 0 Å². The predicted molar refractivity (Wildman–Crippen MR) is 68.4 cm³/mol. The molecule has 1 aliphatic rings. The Kier molecular flexibility index (Phi) is 3.48. The minimum absolute atomic E-state index is 0.0433. The smallest absolute Gasteiger partial charge is 0.345 e. The Morgan fingerprint density at radius 3 is 2.67 bits per heavy atom. The first-order valence-corrected chi connectivity index (χ1v) is 7.92. The SMILES string of the molecule is CC1CC1CN(C)S(=O)(=O)c1csc(C(=O)O)c1. The third-order valence-electron chi connectivity index (χ3n) is 3.26. The largest absolute Gasteiger partial charge is 0.477 e. The lowest BCUT2D eigenvalue weighted by Gasteiger charge is -2.15. The van der Waals surface area contributed by atoms with Crippen LogP contribution in [0, 0.1) is 11.8 Å². The summed E-state index contributed by atoms with van der Waals surface area (Å²) in [7, 11) is -2.01. The van der Waals surface area contributed by atoms with Gasteiger partial charge in [0.25, 0.3) is 0 Å². The van der Waals surface area contributed by atoms with E-state index < -0.39 is 16.0 Å². The normalized spacial score (nSPS) is 23.3. The van der Waals surface area contributed by atoms with Gasteiger partial charge in [-0.15, -0.1) is 11.3 Å². The summed E-state index contributed by atoms with van der Waals surface area (Å²) in [6, 6.07) is 1.22. The molecule has 1 heterocycles. The summed E-state index contributed by atoms with van der Waals surface area (Å²) in [6.45, 7) is 2.60. The standard InChI is InChI=1S/C11H15NO4S2/c1-7-3-8(7)5-12(2)18(15,16)9-4-10(11(13)14)17-6-9/h4,6-8H,3,5H2,1-2H3,(H,13,14). The van der Waals surface area contributed by atoms with Gasteiger partial charge < -0.3 is 5.11 Å². The van der Waals surface area contributed by atoms with E-state index in [1.165, 1.54) is 15.8 Å². The minimum Gasteiger partial charge on any atom is -0.477 e. The van der Waals surface area contributed by atoms with Crippen molar-refractivity contribution in [1.82, 2.24) is 4.31 Å². The Morgan fingerprint density at radius 1 is 1.61 bits per heavy atom. The number of hydrogen-bond acceptors (Lipinski definition) is 4.